The molecule has 0 unspecified atom stereocenters. The van der Waals surface area contributed by atoms with Crippen LogP contribution < -0.4 is 15.1 Å². The number of alkyl halides is 3. The summed E-state index contributed by atoms with van der Waals surface area (Å²) < 4.78 is 45.1. The SMILES string of the molecule is COCCCNC(=O)[C@H]1Cc2cc(C(F)(F)F)ccc2N2CCN(c3ccccc3Cl)C[C@H]12. The van der Waals surface area contributed by atoms with Crippen molar-refractivity contribution >= 4 is 28.9 Å². The molecule has 2 heterocycles. The fourth-order valence-corrected chi connectivity index (χ4v) is 5.04. The third-order valence-electron chi connectivity index (χ3n) is 6.39. The van der Waals surface area contributed by atoms with Crippen LogP contribution in [0.15, 0.2) is 42.5 Å². The van der Waals surface area contributed by atoms with E-state index < -0.39 is 17.7 Å². The summed E-state index contributed by atoms with van der Waals surface area (Å²) >= 11 is 6.42. The highest BCUT2D eigenvalue weighted by atomic mass is 35.5. The van der Waals surface area contributed by atoms with Gasteiger partial charge >= 0.3 is 6.18 Å². The Hall–Kier alpha value is -2.45. The third kappa shape index (κ3) is 5.06. The lowest BCUT2D eigenvalue weighted by molar-refractivity contribution is -0.137. The largest absolute Gasteiger partial charge is 0.416 e. The van der Waals surface area contributed by atoms with Crippen molar-refractivity contribution in [1.82, 2.24) is 5.32 Å². The number of methoxy groups -OCH3 is 1. The lowest BCUT2D eigenvalue weighted by atomic mass is 9.82. The quantitative estimate of drug-likeness (QED) is 0.622. The summed E-state index contributed by atoms with van der Waals surface area (Å²) in [4.78, 5) is 17.4. The Morgan fingerprint density at radius 2 is 1.97 bits per heavy atom. The maximum absolute atomic E-state index is 13.3. The summed E-state index contributed by atoms with van der Waals surface area (Å²) in [5.74, 6) is -0.626. The molecule has 0 bridgehead atoms. The van der Waals surface area contributed by atoms with Gasteiger partial charge in [0, 0.05) is 45.6 Å². The molecule has 0 aliphatic carbocycles. The zero-order valence-corrected chi connectivity index (χ0v) is 19.1. The summed E-state index contributed by atoms with van der Waals surface area (Å²) in [6, 6.07) is 11.3. The number of halogens is 4. The van der Waals surface area contributed by atoms with Gasteiger partial charge in [-0.05, 0) is 48.7 Å². The van der Waals surface area contributed by atoms with Gasteiger partial charge in [-0.25, -0.2) is 0 Å². The summed E-state index contributed by atoms with van der Waals surface area (Å²) in [7, 11) is 1.60. The molecule has 33 heavy (non-hydrogen) atoms. The van der Waals surface area contributed by atoms with E-state index in [0.29, 0.717) is 49.8 Å². The Labute approximate surface area is 196 Å². The normalized spacial score (nSPS) is 20.3. The molecule has 2 atom stereocenters. The number of amides is 1. The van der Waals surface area contributed by atoms with Crippen LogP contribution in [0, 0.1) is 5.92 Å². The average molecular weight is 482 g/mol. The Balaban J connectivity index is 1.63. The van der Waals surface area contributed by atoms with E-state index in [9.17, 15) is 18.0 Å². The molecule has 0 saturated carbocycles. The van der Waals surface area contributed by atoms with Crippen LogP contribution in [0.5, 0.6) is 0 Å². The fourth-order valence-electron chi connectivity index (χ4n) is 4.79. The van der Waals surface area contributed by atoms with Crippen LogP contribution in [0.25, 0.3) is 0 Å². The zero-order chi connectivity index (χ0) is 23.6. The molecule has 178 valence electrons. The summed E-state index contributed by atoms with van der Waals surface area (Å²) in [6.45, 7) is 2.78. The molecule has 1 saturated heterocycles. The van der Waals surface area contributed by atoms with E-state index in [0.717, 1.165) is 17.4 Å². The topological polar surface area (TPSA) is 44.8 Å². The Morgan fingerprint density at radius 3 is 2.70 bits per heavy atom. The first-order valence-electron chi connectivity index (χ1n) is 11.0. The Bertz CT molecular complexity index is 1000. The van der Waals surface area contributed by atoms with E-state index in [-0.39, 0.29) is 18.4 Å². The number of benzene rings is 2. The first kappa shape index (κ1) is 23.7. The number of para-hydroxylation sites is 1. The van der Waals surface area contributed by atoms with Crippen LogP contribution in [0.4, 0.5) is 24.5 Å². The van der Waals surface area contributed by atoms with E-state index in [1.54, 1.807) is 13.2 Å². The van der Waals surface area contributed by atoms with Gasteiger partial charge in [0.25, 0.3) is 0 Å². The number of carbonyl (C=O) groups excluding carboxylic acids is 1. The van der Waals surface area contributed by atoms with E-state index in [4.69, 9.17) is 16.3 Å². The van der Waals surface area contributed by atoms with Crippen molar-refractivity contribution in [2.75, 3.05) is 49.7 Å². The van der Waals surface area contributed by atoms with Gasteiger partial charge in [-0.3, -0.25) is 4.79 Å². The number of carbonyl (C=O) groups is 1. The van der Waals surface area contributed by atoms with Crippen molar-refractivity contribution in [3.8, 4) is 0 Å². The van der Waals surface area contributed by atoms with Crippen molar-refractivity contribution < 1.29 is 22.7 Å². The molecule has 4 rings (SSSR count). The molecule has 1 N–H and O–H groups in total. The van der Waals surface area contributed by atoms with Crippen molar-refractivity contribution in [3.05, 3.63) is 58.6 Å². The average Bonchev–Trinajstić information content (AvgIpc) is 2.80. The second kappa shape index (κ2) is 9.81. The second-order valence-corrected chi connectivity index (χ2v) is 8.85. The lowest BCUT2D eigenvalue weighted by Gasteiger charge is -2.50. The number of piperazine rings is 1. The number of anilines is 2. The van der Waals surface area contributed by atoms with Crippen molar-refractivity contribution in [2.45, 2.75) is 25.1 Å². The molecule has 2 aliphatic rings. The molecule has 5 nitrogen and oxygen atoms in total. The first-order valence-corrected chi connectivity index (χ1v) is 11.4. The highest BCUT2D eigenvalue weighted by Crippen LogP contribution is 2.40. The van der Waals surface area contributed by atoms with Crippen molar-refractivity contribution in [2.24, 2.45) is 5.92 Å². The number of nitrogens with one attached hydrogen (secondary N) is 1. The van der Waals surface area contributed by atoms with Crippen molar-refractivity contribution in [3.63, 3.8) is 0 Å². The highest BCUT2D eigenvalue weighted by Gasteiger charge is 2.43. The predicted octanol–water partition coefficient (Wildman–Crippen LogP) is 4.38. The van der Waals surface area contributed by atoms with Crippen LogP contribution in [0.3, 0.4) is 0 Å². The molecule has 9 heteroatoms. The number of fused-ring (bicyclic) bond motifs is 3. The maximum Gasteiger partial charge on any atom is 0.416 e. The second-order valence-electron chi connectivity index (χ2n) is 8.45. The van der Waals surface area contributed by atoms with E-state index in [1.165, 1.54) is 6.07 Å². The van der Waals surface area contributed by atoms with Gasteiger partial charge in [0.1, 0.15) is 0 Å². The summed E-state index contributed by atoms with van der Waals surface area (Å²) in [5, 5.41) is 3.59. The Kier molecular flexibility index (Phi) is 7.05. The molecule has 0 radical (unpaired) electrons. The van der Waals surface area contributed by atoms with Gasteiger partial charge in [0.2, 0.25) is 5.91 Å². The maximum atomic E-state index is 13.3. The molecule has 0 spiro atoms. The van der Waals surface area contributed by atoms with Crippen LogP contribution in [-0.4, -0.2) is 51.8 Å². The molecular weight excluding hydrogens is 455 g/mol. The number of hydrogen-bond acceptors (Lipinski definition) is 4. The van der Waals surface area contributed by atoms with Crippen LogP contribution in [0.2, 0.25) is 5.02 Å². The number of ether oxygens (including phenoxy) is 1. The predicted molar refractivity (Wildman–Crippen MR) is 123 cm³/mol. The van der Waals surface area contributed by atoms with E-state index >= 15 is 0 Å². The van der Waals surface area contributed by atoms with Crippen LogP contribution >= 0.6 is 11.6 Å². The standard InChI is InChI=1S/C24H27ClF3N3O2/c1-33-12-4-9-29-23(32)18-14-16-13-17(24(26,27)28)7-8-20(16)31-11-10-30(15-22(18)31)21-6-3-2-5-19(21)25/h2-3,5-8,13,18,22H,4,9-12,14-15H2,1H3,(H,29,32)/t18-,22+/m0/s1. The molecular formula is C24H27ClF3N3O2. The van der Waals surface area contributed by atoms with E-state index in [1.807, 2.05) is 24.3 Å². The minimum Gasteiger partial charge on any atom is -0.385 e. The van der Waals surface area contributed by atoms with Gasteiger partial charge in [-0.2, -0.15) is 13.2 Å². The lowest BCUT2D eigenvalue weighted by Crippen LogP contribution is -2.61. The van der Waals surface area contributed by atoms with Gasteiger partial charge < -0.3 is 19.9 Å². The minimum atomic E-state index is -4.42. The van der Waals surface area contributed by atoms with Crippen LogP contribution in [-0.2, 0) is 22.1 Å². The van der Waals surface area contributed by atoms with Crippen molar-refractivity contribution in [1.29, 1.82) is 0 Å². The van der Waals surface area contributed by atoms with E-state index in [2.05, 4.69) is 15.1 Å². The third-order valence-corrected chi connectivity index (χ3v) is 6.71. The monoisotopic (exact) mass is 481 g/mol. The smallest absolute Gasteiger partial charge is 0.385 e. The highest BCUT2D eigenvalue weighted by molar-refractivity contribution is 6.33. The minimum absolute atomic E-state index is 0.148. The van der Waals surface area contributed by atoms with Gasteiger partial charge in [0.05, 0.1) is 28.2 Å². The zero-order valence-electron chi connectivity index (χ0n) is 18.4. The van der Waals surface area contributed by atoms with Crippen LogP contribution in [0.1, 0.15) is 17.5 Å². The van der Waals surface area contributed by atoms with Gasteiger partial charge in [-0.1, -0.05) is 23.7 Å². The summed E-state index contributed by atoms with van der Waals surface area (Å²) in [6.07, 6.45) is -3.50. The number of nitrogens with zero attached hydrogens (tertiary/aromatic N) is 2. The molecule has 2 aromatic rings. The number of rotatable bonds is 6. The molecule has 2 aromatic carbocycles. The van der Waals surface area contributed by atoms with Gasteiger partial charge in [-0.15, -0.1) is 0 Å². The van der Waals surface area contributed by atoms with Gasteiger partial charge in [0.15, 0.2) is 0 Å². The first-order chi connectivity index (χ1) is 15.8. The molecule has 2 aliphatic heterocycles. The fraction of sp³-hybridized carbons (Fsp3) is 0.458. The molecule has 0 aromatic heterocycles. The Morgan fingerprint density at radius 1 is 1.18 bits per heavy atom. The number of hydrogen-bond donors (Lipinski definition) is 1. The molecule has 1 amide bonds. The molecule has 1 fully saturated rings. The summed E-state index contributed by atoms with van der Waals surface area (Å²) in [5.41, 5.74) is 1.55.